The quantitative estimate of drug-likeness (QED) is 0.444. The van der Waals surface area contributed by atoms with Gasteiger partial charge in [0.1, 0.15) is 5.69 Å². The molecule has 2 aliphatic rings. The molecular formula is C18H22N8O3. The lowest BCUT2D eigenvalue weighted by Gasteiger charge is -2.22. The SMILES string of the molecule is O=c1[nH]c(O)c(/C=c2\cnn3c(=NC4CC4)nc(NCC4CCOCC4)nc23)[nH]1. The van der Waals surface area contributed by atoms with Gasteiger partial charge in [-0.15, -0.1) is 0 Å². The highest BCUT2D eigenvalue weighted by molar-refractivity contribution is 5.57. The summed E-state index contributed by atoms with van der Waals surface area (Å²) in [5, 5.41) is 18.2. The summed E-state index contributed by atoms with van der Waals surface area (Å²) in [6.45, 7) is 2.34. The summed E-state index contributed by atoms with van der Waals surface area (Å²) < 4.78 is 7.00. The number of rotatable bonds is 5. The summed E-state index contributed by atoms with van der Waals surface area (Å²) in [5.74, 6) is 0.778. The smallest absolute Gasteiger partial charge is 0.326 e. The molecule has 1 aliphatic heterocycles. The fraction of sp³-hybridized carbons (Fsp3) is 0.500. The number of H-pyrrole nitrogens is 2. The fourth-order valence-corrected chi connectivity index (χ4v) is 3.35. The predicted molar refractivity (Wildman–Crippen MR) is 103 cm³/mol. The molecule has 3 aromatic rings. The maximum absolute atomic E-state index is 11.4. The number of hydrogen-bond donors (Lipinski definition) is 4. The minimum Gasteiger partial charge on any atom is -0.493 e. The summed E-state index contributed by atoms with van der Waals surface area (Å²) in [6.07, 6.45) is 7.36. The van der Waals surface area contributed by atoms with E-state index < -0.39 is 5.69 Å². The molecule has 1 saturated heterocycles. The molecule has 4 heterocycles. The fourth-order valence-electron chi connectivity index (χ4n) is 3.35. The summed E-state index contributed by atoms with van der Waals surface area (Å²) in [6, 6.07) is 0.276. The Balaban J connectivity index is 1.55. The van der Waals surface area contributed by atoms with Crippen LogP contribution in [0.15, 0.2) is 16.0 Å². The van der Waals surface area contributed by atoms with Crippen LogP contribution in [0.5, 0.6) is 5.88 Å². The van der Waals surface area contributed by atoms with Gasteiger partial charge in [0.05, 0.1) is 12.2 Å². The van der Waals surface area contributed by atoms with Gasteiger partial charge in [-0.1, -0.05) is 0 Å². The third-order valence-corrected chi connectivity index (χ3v) is 5.15. The number of aromatic hydroxyl groups is 1. The Hall–Kier alpha value is -3.21. The van der Waals surface area contributed by atoms with E-state index >= 15 is 0 Å². The molecule has 0 spiro atoms. The minimum absolute atomic E-state index is 0.232. The molecule has 3 aromatic heterocycles. The number of fused-ring (bicyclic) bond motifs is 1. The van der Waals surface area contributed by atoms with E-state index in [1.54, 1.807) is 16.8 Å². The first-order valence-corrected chi connectivity index (χ1v) is 9.80. The first kappa shape index (κ1) is 17.9. The predicted octanol–water partition coefficient (Wildman–Crippen LogP) is -0.704. The van der Waals surface area contributed by atoms with Crippen LogP contribution < -0.4 is 21.8 Å². The van der Waals surface area contributed by atoms with Gasteiger partial charge < -0.3 is 20.1 Å². The molecule has 11 nitrogen and oxygen atoms in total. The standard InChI is InChI=1S/C18H22N8O3/c27-15-13(22-18(28)24-15)7-11-9-20-26-14(11)23-16(25-17(26)21-12-1-2-12)19-8-10-3-5-29-6-4-10/h7,9-10,12,27H,1-6,8H2,(H,19,21,25)(H2,22,24,28)/b11-7+. The summed E-state index contributed by atoms with van der Waals surface area (Å²) in [5.41, 5.74) is 0.831. The number of anilines is 1. The number of nitrogens with one attached hydrogen (secondary N) is 3. The summed E-state index contributed by atoms with van der Waals surface area (Å²) >= 11 is 0. The summed E-state index contributed by atoms with van der Waals surface area (Å²) in [7, 11) is 0. The van der Waals surface area contributed by atoms with Gasteiger partial charge in [-0.2, -0.15) is 19.6 Å². The van der Waals surface area contributed by atoms with E-state index in [-0.39, 0.29) is 17.6 Å². The topological polar surface area (TPSA) is 146 Å². The van der Waals surface area contributed by atoms with E-state index in [1.807, 2.05) is 0 Å². The molecule has 1 saturated carbocycles. The number of nitrogens with zero attached hydrogens (tertiary/aromatic N) is 5. The van der Waals surface area contributed by atoms with Crippen LogP contribution in [-0.4, -0.2) is 60.5 Å². The number of hydrogen-bond acceptors (Lipinski definition) is 8. The van der Waals surface area contributed by atoms with E-state index in [1.165, 1.54) is 0 Å². The summed E-state index contributed by atoms with van der Waals surface area (Å²) in [4.78, 5) is 30.1. The van der Waals surface area contributed by atoms with Crippen molar-refractivity contribution in [1.29, 1.82) is 0 Å². The second kappa shape index (κ2) is 7.32. The Kier molecular flexibility index (Phi) is 4.51. The highest BCUT2D eigenvalue weighted by atomic mass is 16.5. The number of aromatic amines is 2. The molecule has 0 bridgehead atoms. The van der Waals surface area contributed by atoms with Crippen LogP contribution in [0.25, 0.3) is 11.7 Å². The van der Waals surface area contributed by atoms with Crippen LogP contribution in [0.2, 0.25) is 0 Å². The normalized spacial score (nSPS) is 19.3. The average Bonchev–Trinajstić information content (AvgIpc) is 3.36. The zero-order chi connectivity index (χ0) is 19.8. The molecule has 29 heavy (non-hydrogen) atoms. The molecule has 11 heteroatoms. The number of aromatic nitrogens is 6. The monoisotopic (exact) mass is 398 g/mol. The Labute approximate surface area is 164 Å². The molecule has 152 valence electrons. The Bertz CT molecular complexity index is 1200. The van der Waals surface area contributed by atoms with Crippen molar-refractivity contribution >= 4 is 17.7 Å². The first-order chi connectivity index (χ1) is 14.2. The molecular weight excluding hydrogens is 376 g/mol. The largest absolute Gasteiger partial charge is 0.493 e. The van der Waals surface area contributed by atoms with E-state index in [9.17, 15) is 9.90 Å². The molecule has 0 radical (unpaired) electrons. The Morgan fingerprint density at radius 3 is 2.83 bits per heavy atom. The Morgan fingerprint density at radius 2 is 2.10 bits per heavy atom. The van der Waals surface area contributed by atoms with Gasteiger partial charge in [0.15, 0.2) is 5.65 Å². The molecule has 0 amide bonds. The number of ether oxygens (including phenoxy) is 1. The van der Waals surface area contributed by atoms with E-state index in [0.29, 0.717) is 28.4 Å². The lowest BCUT2D eigenvalue weighted by Crippen LogP contribution is -2.27. The molecule has 0 atom stereocenters. The maximum Gasteiger partial charge on any atom is 0.326 e. The highest BCUT2D eigenvalue weighted by Gasteiger charge is 2.21. The van der Waals surface area contributed by atoms with E-state index in [2.05, 4.69) is 35.3 Å². The van der Waals surface area contributed by atoms with Crippen LogP contribution in [0.3, 0.4) is 0 Å². The van der Waals surface area contributed by atoms with Gasteiger partial charge in [0, 0.05) is 25.0 Å². The maximum atomic E-state index is 11.4. The Morgan fingerprint density at radius 1 is 1.28 bits per heavy atom. The van der Waals surface area contributed by atoms with Crippen molar-refractivity contribution in [2.24, 2.45) is 10.9 Å². The second-order valence-electron chi connectivity index (χ2n) is 7.47. The first-order valence-electron chi connectivity index (χ1n) is 9.80. The second-order valence-corrected chi connectivity index (χ2v) is 7.47. The molecule has 1 aliphatic carbocycles. The lowest BCUT2D eigenvalue weighted by atomic mass is 10.0. The highest BCUT2D eigenvalue weighted by Crippen LogP contribution is 2.22. The molecule has 4 N–H and O–H groups in total. The minimum atomic E-state index is -0.483. The molecule has 0 unspecified atom stereocenters. The van der Waals surface area contributed by atoms with Crippen molar-refractivity contribution in [2.75, 3.05) is 25.1 Å². The van der Waals surface area contributed by atoms with Crippen molar-refractivity contribution in [2.45, 2.75) is 31.7 Å². The van der Waals surface area contributed by atoms with Gasteiger partial charge in [-0.05, 0) is 37.7 Å². The van der Waals surface area contributed by atoms with Crippen molar-refractivity contribution in [3.05, 3.63) is 33.2 Å². The van der Waals surface area contributed by atoms with E-state index in [4.69, 9.17) is 4.74 Å². The van der Waals surface area contributed by atoms with Gasteiger partial charge >= 0.3 is 5.69 Å². The third-order valence-electron chi connectivity index (χ3n) is 5.15. The van der Waals surface area contributed by atoms with Crippen LogP contribution in [0.4, 0.5) is 5.95 Å². The average molecular weight is 398 g/mol. The van der Waals surface area contributed by atoms with Crippen molar-refractivity contribution < 1.29 is 9.84 Å². The molecule has 5 rings (SSSR count). The lowest BCUT2D eigenvalue weighted by molar-refractivity contribution is 0.0699. The zero-order valence-corrected chi connectivity index (χ0v) is 15.8. The van der Waals surface area contributed by atoms with Crippen LogP contribution in [0, 0.1) is 5.92 Å². The van der Waals surface area contributed by atoms with Gasteiger partial charge in [0.25, 0.3) is 5.62 Å². The van der Waals surface area contributed by atoms with Crippen LogP contribution in [-0.2, 0) is 4.74 Å². The van der Waals surface area contributed by atoms with Crippen LogP contribution in [0.1, 0.15) is 31.4 Å². The molecule has 2 fully saturated rings. The zero-order valence-electron chi connectivity index (χ0n) is 15.8. The van der Waals surface area contributed by atoms with Crippen molar-refractivity contribution in [3.63, 3.8) is 0 Å². The van der Waals surface area contributed by atoms with Gasteiger partial charge in [-0.25, -0.2) is 9.79 Å². The van der Waals surface area contributed by atoms with E-state index in [0.717, 1.165) is 45.4 Å². The third kappa shape index (κ3) is 3.86. The van der Waals surface area contributed by atoms with Crippen LogP contribution >= 0.6 is 0 Å². The van der Waals surface area contributed by atoms with Crippen molar-refractivity contribution in [3.8, 4) is 5.88 Å². The number of imidazole rings is 1. The molecule has 0 aromatic carbocycles. The van der Waals surface area contributed by atoms with Gasteiger partial charge in [0.2, 0.25) is 11.8 Å². The van der Waals surface area contributed by atoms with Gasteiger partial charge in [-0.3, -0.25) is 4.98 Å². The van der Waals surface area contributed by atoms with Crippen molar-refractivity contribution in [1.82, 2.24) is 29.5 Å².